The van der Waals surface area contributed by atoms with Crippen LogP contribution in [0.25, 0.3) is 11.1 Å². The number of halogens is 3. The van der Waals surface area contributed by atoms with Crippen molar-refractivity contribution in [2.75, 3.05) is 19.7 Å². The first-order valence-electron chi connectivity index (χ1n) is 17.6. The number of nitrogens with zero attached hydrogens (tertiary/aromatic N) is 5. The van der Waals surface area contributed by atoms with Gasteiger partial charge in [0, 0.05) is 41.7 Å². The fourth-order valence-electron chi connectivity index (χ4n) is 7.14. The van der Waals surface area contributed by atoms with Crippen LogP contribution in [0, 0.1) is 6.92 Å². The van der Waals surface area contributed by atoms with E-state index in [2.05, 4.69) is 50.8 Å². The number of carbonyl (C=O) groups excluding carboxylic acids is 1. The maximum absolute atomic E-state index is 13.2. The van der Waals surface area contributed by atoms with Gasteiger partial charge in [0.15, 0.2) is 11.0 Å². The maximum Gasteiger partial charge on any atom is 0.416 e. The van der Waals surface area contributed by atoms with Gasteiger partial charge in [-0.15, -0.1) is 0 Å². The van der Waals surface area contributed by atoms with Crippen LogP contribution in [0.3, 0.4) is 0 Å². The summed E-state index contributed by atoms with van der Waals surface area (Å²) in [6.07, 6.45) is -1.63. The number of carbonyl (C=O) groups is 1. The average molecular weight is 732 g/mol. The van der Waals surface area contributed by atoms with E-state index in [9.17, 15) is 22.8 Å². The van der Waals surface area contributed by atoms with E-state index < -0.39 is 18.0 Å². The van der Waals surface area contributed by atoms with Crippen LogP contribution in [0.2, 0.25) is 0 Å². The number of piperidine rings is 1. The van der Waals surface area contributed by atoms with Crippen LogP contribution < -0.4 is 5.56 Å². The number of ether oxygens (including phenoxy) is 1. The number of alkyl halides is 3. The highest BCUT2D eigenvalue weighted by Crippen LogP contribution is 2.37. The smallest absolute Gasteiger partial charge is 0.416 e. The molecule has 3 heterocycles. The molecule has 2 aliphatic heterocycles. The predicted octanol–water partition coefficient (Wildman–Crippen LogP) is 7.98. The Bertz CT molecular complexity index is 1990. The molecular weight excluding hydrogens is 692 g/mol. The van der Waals surface area contributed by atoms with Gasteiger partial charge in [-0.3, -0.25) is 4.79 Å². The molecule has 1 fully saturated rings. The molecule has 1 atom stereocenters. The van der Waals surface area contributed by atoms with E-state index >= 15 is 0 Å². The van der Waals surface area contributed by atoms with Gasteiger partial charge in [-0.25, -0.2) is 4.79 Å². The second-order valence-electron chi connectivity index (χ2n) is 13.3. The summed E-state index contributed by atoms with van der Waals surface area (Å²) in [4.78, 5) is 40.4. The van der Waals surface area contributed by atoms with Crippen molar-refractivity contribution in [1.29, 1.82) is 0 Å². The molecular formula is C39H40F3N5O4S. The van der Waals surface area contributed by atoms with Gasteiger partial charge in [0.2, 0.25) is 6.23 Å². The van der Waals surface area contributed by atoms with Crippen LogP contribution in [-0.2, 0) is 40.9 Å². The van der Waals surface area contributed by atoms with Crippen molar-refractivity contribution in [3.05, 3.63) is 117 Å². The molecule has 7 rings (SSSR count). The Morgan fingerprint density at radius 3 is 2.29 bits per heavy atom. The van der Waals surface area contributed by atoms with Crippen LogP contribution >= 0.6 is 11.8 Å². The Morgan fingerprint density at radius 1 is 0.962 bits per heavy atom. The molecule has 0 N–H and O–H groups in total. The van der Waals surface area contributed by atoms with Gasteiger partial charge in [-0.1, -0.05) is 83.1 Å². The SMILES string of the molecule is CCOC(=O)N1CCC(N2C(Cn3c(SCc4ccc(C)cc4)nc(=O)c4c3CCC4)=NOC2c2ccc(-c3ccc(C(F)(F)F)cc3)cc2)CC1. The monoisotopic (exact) mass is 731 g/mol. The number of hydrogen-bond acceptors (Lipinski definition) is 8. The number of oxime groups is 1. The zero-order chi connectivity index (χ0) is 36.4. The first-order valence-corrected chi connectivity index (χ1v) is 18.6. The van der Waals surface area contributed by atoms with Gasteiger partial charge in [-0.2, -0.15) is 18.2 Å². The molecule has 52 heavy (non-hydrogen) atoms. The number of amidine groups is 1. The number of benzene rings is 3. The van der Waals surface area contributed by atoms with E-state index in [1.807, 2.05) is 24.3 Å². The number of amides is 1. The molecule has 1 saturated heterocycles. The lowest BCUT2D eigenvalue weighted by molar-refractivity contribution is -0.137. The normalized spacial score (nSPS) is 17.6. The molecule has 0 bridgehead atoms. The molecule has 1 aromatic heterocycles. The molecule has 3 aliphatic rings. The lowest BCUT2D eigenvalue weighted by Crippen LogP contribution is -2.49. The van der Waals surface area contributed by atoms with Crippen molar-refractivity contribution in [2.24, 2.45) is 5.16 Å². The quantitative estimate of drug-likeness (QED) is 0.127. The highest BCUT2D eigenvalue weighted by atomic mass is 32.2. The topological polar surface area (TPSA) is 89.3 Å². The highest BCUT2D eigenvalue weighted by molar-refractivity contribution is 7.98. The molecule has 3 aromatic carbocycles. The van der Waals surface area contributed by atoms with E-state index in [1.165, 1.54) is 29.5 Å². The van der Waals surface area contributed by atoms with Gasteiger partial charge in [-0.05, 0) is 74.8 Å². The molecule has 1 amide bonds. The van der Waals surface area contributed by atoms with E-state index in [4.69, 9.17) is 9.57 Å². The van der Waals surface area contributed by atoms with Gasteiger partial charge in [0.25, 0.3) is 5.56 Å². The Balaban J connectivity index is 1.18. The first kappa shape index (κ1) is 35.6. The summed E-state index contributed by atoms with van der Waals surface area (Å²) in [6, 6.07) is 21.0. The minimum absolute atomic E-state index is 0.0180. The summed E-state index contributed by atoms with van der Waals surface area (Å²) < 4.78 is 46.8. The van der Waals surface area contributed by atoms with E-state index in [1.54, 1.807) is 11.8 Å². The van der Waals surface area contributed by atoms with E-state index in [0.717, 1.165) is 52.9 Å². The van der Waals surface area contributed by atoms with Crippen molar-refractivity contribution in [3.8, 4) is 11.1 Å². The largest absolute Gasteiger partial charge is 0.450 e. The summed E-state index contributed by atoms with van der Waals surface area (Å²) >= 11 is 1.53. The van der Waals surface area contributed by atoms with Crippen molar-refractivity contribution in [1.82, 2.24) is 19.4 Å². The summed E-state index contributed by atoms with van der Waals surface area (Å²) in [5.41, 5.74) is 5.46. The van der Waals surface area contributed by atoms with Crippen LogP contribution in [0.15, 0.2) is 87.9 Å². The van der Waals surface area contributed by atoms with Crippen LogP contribution in [0.1, 0.15) is 65.9 Å². The lowest BCUT2D eigenvalue weighted by atomic mass is 9.99. The molecule has 4 aromatic rings. The number of aryl methyl sites for hydroxylation is 1. The zero-order valence-electron chi connectivity index (χ0n) is 29.1. The third-order valence-corrected chi connectivity index (χ3v) is 11.0. The fraction of sp³-hybridized carbons (Fsp3) is 0.385. The summed E-state index contributed by atoms with van der Waals surface area (Å²) in [5, 5.41) is 5.29. The molecule has 0 saturated carbocycles. The van der Waals surface area contributed by atoms with Crippen LogP contribution in [0.4, 0.5) is 18.0 Å². The fourth-order valence-corrected chi connectivity index (χ4v) is 8.11. The Hall–Kier alpha value is -4.78. The number of thioether (sulfide) groups is 1. The molecule has 9 nitrogen and oxygen atoms in total. The number of fused-ring (bicyclic) bond motifs is 1. The maximum atomic E-state index is 13.2. The average Bonchev–Trinajstić information content (AvgIpc) is 3.81. The molecule has 0 radical (unpaired) electrons. The third kappa shape index (κ3) is 7.55. The van der Waals surface area contributed by atoms with Crippen molar-refractivity contribution < 1.29 is 27.5 Å². The van der Waals surface area contributed by atoms with Crippen molar-refractivity contribution >= 4 is 23.7 Å². The van der Waals surface area contributed by atoms with Crippen LogP contribution in [-0.4, -0.2) is 57.0 Å². The van der Waals surface area contributed by atoms with Gasteiger partial charge in [0.1, 0.15) is 0 Å². The van der Waals surface area contributed by atoms with Gasteiger partial charge < -0.3 is 23.9 Å². The third-order valence-electron chi connectivity index (χ3n) is 9.92. The number of aromatic nitrogens is 2. The molecule has 1 unspecified atom stereocenters. The second-order valence-corrected chi connectivity index (χ2v) is 14.3. The minimum Gasteiger partial charge on any atom is -0.450 e. The van der Waals surface area contributed by atoms with E-state index in [-0.39, 0.29) is 17.7 Å². The zero-order valence-corrected chi connectivity index (χ0v) is 29.9. The number of likely N-dealkylation sites (tertiary alicyclic amines) is 1. The molecule has 0 spiro atoms. The molecule has 272 valence electrons. The van der Waals surface area contributed by atoms with Gasteiger partial charge >= 0.3 is 12.3 Å². The Kier molecular flexibility index (Phi) is 10.3. The Morgan fingerprint density at radius 2 is 1.63 bits per heavy atom. The van der Waals surface area contributed by atoms with Gasteiger partial charge in [0.05, 0.1) is 18.7 Å². The number of rotatable bonds is 9. The predicted molar refractivity (Wildman–Crippen MR) is 193 cm³/mol. The lowest BCUT2D eigenvalue weighted by Gasteiger charge is -2.39. The number of hydrogen-bond donors (Lipinski definition) is 0. The summed E-state index contributed by atoms with van der Waals surface area (Å²) in [7, 11) is 0. The Labute approximate surface area is 304 Å². The highest BCUT2D eigenvalue weighted by Gasteiger charge is 2.40. The van der Waals surface area contributed by atoms with Crippen LogP contribution in [0.5, 0.6) is 0 Å². The minimum atomic E-state index is -4.40. The van der Waals surface area contributed by atoms with E-state index in [0.29, 0.717) is 67.8 Å². The molecule has 13 heteroatoms. The van der Waals surface area contributed by atoms with Crippen molar-refractivity contribution in [2.45, 2.75) is 81.9 Å². The summed E-state index contributed by atoms with van der Waals surface area (Å²) in [5.74, 6) is 1.35. The summed E-state index contributed by atoms with van der Waals surface area (Å²) in [6.45, 7) is 5.53. The molecule has 1 aliphatic carbocycles. The first-order chi connectivity index (χ1) is 25.1. The standard InChI is InChI=1S/C39H40F3N5O4S/c1-3-50-38(49)45-21-19-31(20-22-45)47-34(44-51-36(47)29-13-11-27(12-14-29)28-15-17-30(18-16-28)39(40,41)42)23-46-33-6-4-5-32(33)35(48)43-37(46)52-24-26-9-7-25(2)8-10-26/h7-18,31,36H,3-6,19-24H2,1-2H3. The second kappa shape index (κ2) is 15.1. The van der Waals surface area contributed by atoms with Crippen molar-refractivity contribution in [3.63, 3.8) is 0 Å².